The first-order valence-corrected chi connectivity index (χ1v) is 8.95. The smallest absolute Gasteiger partial charge is 0.224 e. The number of amides is 1. The van der Waals surface area contributed by atoms with Gasteiger partial charge in [-0.1, -0.05) is 29.8 Å². The summed E-state index contributed by atoms with van der Waals surface area (Å²) in [4.78, 5) is 14.7. The molecule has 0 bridgehead atoms. The van der Waals surface area contributed by atoms with Crippen molar-refractivity contribution in [1.82, 2.24) is 10.2 Å². The van der Waals surface area contributed by atoms with Crippen LogP contribution < -0.4 is 5.32 Å². The highest BCUT2D eigenvalue weighted by Gasteiger charge is 2.27. The fourth-order valence-electron chi connectivity index (χ4n) is 3.44. The van der Waals surface area contributed by atoms with Gasteiger partial charge in [-0.15, -0.1) is 0 Å². The molecular formula is C18H25ClN2O2. The van der Waals surface area contributed by atoms with Crippen LogP contribution in [0.2, 0.25) is 5.02 Å². The van der Waals surface area contributed by atoms with Crippen LogP contribution in [0.1, 0.15) is 31.2 Å². The van der Waals surface area contributed by atoms with Crippen molar-refractivity contribution in [2.45, 2.75) is 38.3 Å². The number of hydrogen-bond donors (Lipinski definition) is 1. The minimum Gasteiger partial charge on any atom is -0.376 e. The molecule has 23 heavy (non-hydrogen) atoms. The summed E-state index contributed by atoms with van der Waals surface area (Å²) in [5, 5.41) is 3.88. The molecule has 0 aromatic heterocycles. The van der Waals surface area contributed by atoms with Gasteiger partial charge in [0.05, 0.1) is 12.0 Å². The highest BCUT2D eigenvalue weighted by Crippen LogP contribution is 2.22. The van der Waals surface area contributed by atoms with E-state index in [0.29, 0.717) is 6.54 Å². The summed E-state index contributed by atoms with van der Waals surface area (Å²) in [6.07, 6.45) is 4.40. The first-order chi connectivity index (χ1) is 11.2. The summed E-state index contributed by atoms with van der Waals surface area (Å²) in [7, 11) is 0. The average Bonchev–Trinajstić information content (AvgIpc) is 3.08. The zero-order chi connectivity index (χ0) is 16.1. The molecule has 2 aliphatic heterocycles. The van der Waals surface area contributed by atoms with Gasteiger partial charge in [-0.05, 0) is 43.9 Å². The molecule has 1 aromatic rings. The number of piperidine rings is 1. The average molecular weight is 337 g/mol. The number of hydrogen-bond acceptors (Lipinski definition) is 3. The van der Waals surface area contributed by atoms with Crippen molar-refractivity contribution in [2.24, 2.45) is 5.92 Å². The molecule has 2 atom stereocenters. The van der Waals surface area contributed by atoms with Crippen LogP contribution in [0.15, 0.2) is 24.3 Å². The summed E-state index contributed by atoms with van der Waals surface area (Å²) in [6, 6.07) is 7.94. The lowest BCUT2D eigenvalue weighted by atomic mass is 9.96. The Morgan fingerprint density at radius 1 is 1.30 bits per heavy atom. The van der Waals surface area contributed by atoms with Gasteiger partial charge in [0.1, 0.15) is 0 Å². The maximum absolute atomic E-state index is 12.4. The third kappa shape index (κ3) is 4.69. The van der Waals surface area contributed by atoms with Crippen LogP contribution in [0.5, 0.6) is 0 Å². The predicted molar refractivity (Wildman–Crippen MR) is 91.4 cm³/mol. The molecule has 1 N–H and O–H groups in total. The summed E-state index contributed by atoms with van der Waals surface area (Å²) in [5.41, 5.74) is 1.13. The van der Waals surface area contributed by atoms with Crippen LogP contribution in [0.4, 0.5) is 0 Å². The van der Waals surface area contributed by atoms with Crippen LogP contribution in [0.3, 0.4) is 0 Å². The van der Waals surface area contributed by atoms with E-state index < -0.39 is 0 Å². The Hall–Kier alpha value is -1.10. The first kappa shape index (κ1) is 16.7. The van der Waals surface area contributed by atoms with Crippen LogP contribution in [-0.2, 0) is 16.1 Å². The fourth-order valence-corrected chi connectivity index (χ4v) is 3.64. The van der Waals surface area contributed by atoms with Crippen molar-refractivity contribution in [3.63, 3.8) is 0 Å². The normalized spacial score (nSPS) is 25.4. The third-order valence-electron chi connectivity index (χ3n) is 4.76. The van der Waals surface area contributed by atoms with E-state index in [9.17, 15) is 4.79 Å². The lowest BCUT2D eigenvalue weighted by molar-refractivity contribution is -0.127. The quantitative estimate of drug-likeness (QED) is 0.899. The van der Waals surface area contributed by atoms with Gasteiger partial charge >= 0.3 is 0 Å². The Morgan fingerprint density at radius 2 is 2.17 bits per heavy atom. The Labute approximate surface area is 143 Å². The van der Waals surface area contributed by atoms with Crippen LogP contribution in [0, 0.1) is 5.92 Å². The topological polar surface area (TPSA) is 41.6 Å². The minimum absolute atomic E-state index is 0.0765. The van der Waals surface area contributed by atoms with Crippen LogP contribution in [0.25, 0.3) is 0 Å². The minimum atomic E-state index is 0.0765. The molecule has 2 heterocycles. The lowest BCUT2D eigenvalue weighted by Crippen LogP contribution is -2.44. The second kappa shape index (κ2) is 8.13. The number of carbonyl (C=O) groups is 1. The molecule has 1 aromatic carbocycles. The SMILES string of the molecule is O=C(NCC1CCCO1)C1CCCN(Cc2ccccc2Cl)C1. The van der Waals surface area contributed by atoms with Crippen molar-refractivity contribution in [3.05, 3.63) is 34.9 Å². The van der Waals surface area contributed by atoms with E-state index in [2.05, 4.69) is 16.3 Å². The number of benzene rings is 1. The summed E-state index contributed by atoms with van der Waals surface area (Å²) < 4.78 is 5.56. The number of halogens is 1. The molecule has 1 amide bonds. The first-order valence-electron chi connectivity index (χ1n) is 8.57. The second-order valence-electron chi connectivity index (χ2n) is 6.55. The van der Waals surface area contributed by atoms with Crippen LogP contribution >= 0.6 is 11.6 Å². The lowest BCUT2D eigenvalue weighted by Gasteiger charge is -2.32. The van der Waals surface area contributed by atoms with Gasteiger partial charge in [0.2, 0.25) is 5.91 Å². The number of nitrogens with one attached hydrogen (secondary N) is 1. The zero-order valence-electron chi connectivity index (χ0n) is 13.5. The summed E-state index contributed by atoms with van der Waals surface area (Å²) >= 11 is 6.24. The maximum Gasteiger partial charge on any atom is 0.224 e. The fraction of sp³-hybridized carbons (Fsp3) is 0.611. The Balaban J connectivity index is 1.49. The van der Waals surface area contributed by atoms with Crippen molar-refractivity contribution in [2.75, 3.05) is 26.2 Å². The highest BCUT2D eigenvalue weighted by molar-refractivity contribution is 6.31. The van der Waals surface area contributed by atoms with Crippen molar-refractivity contribution in [3.8, 4) is 0 Å². The number of carbonyl (C=O) groups excluding carboxylic acids is 1. The van der Waals surface area contributed by atoms with E-state index in [1.165, 1.54) is 0 Å². The number of nitrogens with zero attached hydrogens (tertiary/aromatic N) is 1. The van der Waals surface area contributed by atoms with Gasteiger partial charge in [-0.2, -0.15) is 0 Å². The molecule has 0 radical (unpaired) electrons. The van der Waals surface area contributed by atoms with Gasteiger partial charge in [-0.3, -0.25) is 9.69 Å². The van der Waals surface area contributed by atoms with E-state index in [1.54, 1.807) is 0 Å². The molecule has 4 nitrogen and oxygen atoms in total. The van der Waals surface area contributed by atoms with E-state index in [4.69, 9.17) is 16.3 Å². The molecule has 126 valence electrons. The van der Waals surface area contributed by atoms with Gasteiger partial charge in [0, 0.05) is 31.3 Å². The Bertz CT molecular complexity index is 532. The molecule has 2 fully saturated rings. The molecule has 3 rings (SSSR count). The van der Waals surface area contributed by atoms with Crippen molar-refractivity contribution in [1.29, 1.82) is 0 Å². The molecule has 2 aliphatic rings. The Kier molecular flexibility index (Phi) is 5.92. The molecular weight excluding hydrogens is 312 g/mol. The Morgan fingerprint density at radius 3 is 2.96 bits per heavy atom. The second-order valence-corrected chi connectivity index (χ2v) is 6.95. The molecule has 5 heteroatoms. The van der Waals surface area contributed by atoms with Gasteiger partial charge in [0.15, 0.2) is 0 Å². The molecule has 0 saturated carbocycles. The summed E-state index contributed by atoms with van der Waals surface area (Å²) in [6.45, 7) is 4.13. The zero-order valence-corrected chi connectivity index (χ0v) is 14.2. The largest absolute Gasteiger partial charge is 0.376 e. The van der Waals surface area contributed by atoms with Crippen molar-refractivity contribution >= 4 is 17.5 Å². The molecule has 2 saturated heterocycles. The highest BCUT2D eigenvalue weighted by atomic mass is 35.5. The number of ether oxygens (including phenoxy) is 1. The number of rotatable bonds is 5. The van der Waals surface area contributed by atoms with Gasteiger partial charge in [-0.25, -0.2) is 0 Å². The molecule has 0 spiro atoms. The molecule has 2 unspecified atom stereocenters. The van der Waals surface area contributed by atoms with E-state index >= 15 is 0 Å². The van der Waals surface area contributed by atoms with E-state index in [1.807, 2.05) is 18.2 Å². The van der Waals surface area contributed by atoms with E-state index in [-0.39, 0.29) is 17.9 Å². The predicted octanol–water partition coefficient (Wildman–Crippen LogP) is 2.85. The monoisotopic (exact) mass is 336 g/mol. The third-order valence-corrected chi connectivity index (χ3v) is 5.12. The maximum atomic E-state index is 12.4. The van der Waals surface area contributed by atoms with Crippen molar-refractivity contribution < 1.29 is 9.53 Å². The van der Waals surface area contributed by atoms with E-state index in [0.717, 1.165) is 62.5 Å². The van der Waals surface area contributed by atoms with Crippen LogP contribution in [-0.4, -0.2) is 43.2 Å². The van der Waals surface area contributed by atoms with Gasteiger partial charge < -0.3 is 10.1 Å². The van der Waals surface area contributed by atoms with Gasteiger partial charge in [0.25, 0.3) is 0 Å². The molecule has 0 aliphatic carbocycles. The summed E-state index contributed by atoms with van der Waals surface area (Å²) in [5.74, 6) is 0.247. The number of likely N-dealkylation sites (tertiary alicyclic amines) is 1. The standard InChI is InChI=1S/C18H25ClN2O2/c19-17-8-2-1-5-14(17)12-21-9-3-6-15(13-21)18(22)20-11-16-7-4-10-23-16/h1-2,5,8,15-16H,3-4,6-7,9-13H2,(H,20,22).